The Bertz CT molecular complexity index is 575. The smallest absolute Gasteiger partial charge is 0.292 e. The molecule has 1 aromatic heterocycles. The fourth-order valence-corrected chi connectivity index (χ4v) is 1.85. The number of nitro benzene ring substituents is 1. The fraction of sp³-hybridized carbons (Fsp3) is 0.154. The van der Waals surface area contributed by atoms with Crippen LogP contribution < -0.4 is 5.32 Å². The molecular formula is C13H12ClN3O2. The van der Waals surface area contributed by atoms with Crippen molar-refractivity contribution < 1.29 is 4.92 Å². The van der Waals surface area contributed by atoms with Crippen LogP contribution in [0.25, 0.3) is 0 Å². The van der Waals surface area contributed by atoms with Crippen LogP contribution in [-0.2, 0) is 6.42 Å². The number of hydrogen-bond donors (Lipinski definition) is 1. The Morgan fingerprint density at radius 1 is 1.32 bits per heavy atom. The molecule has 2 aromatic rings. The van der Waals surface area contributed by atoms with Crippen LogP contribution in [0.15, 0.2) is 42.6 Å². The molecule has 0 fully saturated rings. The number of aromatic nitrogens is 1. The maximum absolute atomic E-state index is 10.9. The average molecular weight is 278 g/mol. The number of pyridine rings is 1. The first-order valence-corrected chi connectivity index (χ1v) is 6.12. The lowest BCUT2D eigenvalue weighted by molar-refractivity contribution is -0.384. The van der Waals surface area contributed by atoms with Crippen molar-refractivity contribution in [1.29, 1.82) is 0 Å². The molecule has 0 aliphatic carbocycles. The molecule has 0 aliphatic heterocycles. The van der Waals surface area contributed by atoms with Crippen LogP contribution in [0.2, 0.25) is 5.02 Å². The normalized spacial score (nSPS) is 10.2. The summed E-state index contributed by atoms with van der Waals surface area (Å²) in [6.45, 7) is 0.554. The van der Waals surface area contributed by atoms with Crippen LogP contribution in [0.5, 0.6) is 0 Å². The van der Waals surface area contributed by atoms with E-state index in [4.69, 9.17) is 11.6 Å². The Morgan fingerprint density at radius 3 is 2.84 bits per heavy atom. The molecule has 98 valence electrons. The Labute approximate surface area is 115 Å². The van der Waals surface area contributed by atoms with Gasteiger partial charge < -0.3 is 5.32 Å². The Hall–Kier alpha value is -2.14. The number of nitro groups is 1. The van der Waals surface area contributed by atoms with E-state index in [9.17, 15) is 10.1 Å². The first-order chi connectivity index (χ1) is 9.16. The summed E-state index contributed by atoms with van der Waals surface area (Å²) in [6.07, 6.45) is 2.40. The molecule has 0 unspecified atom stereocenters. The number of halogens is 1. The third-order valence-corrected chi connectivity index (χ3v) is 2.81. The van der Waals surface area contributed by atoms with Gasteiger partial charge in [-0.2, -0.15) is 0 Å². The maximum Gasteiger partial charge on any atom is 0.292 e. The van der Waals surface area contributed by atoms with Crippen molar-refractivity contribution >= 4 is 23.0 Å². The minimum absolute atomic E-state index is 0.0189. The summed E-state index contributed by atoms with van der Waals surface area (Å²) in [4.78, 5) is 14.6. The first kappa shape index (κ1) is 13.3. The van der Waals surface area contributed by atoms with Crippen molar-refractivity contribution in [2.75, 3.05) is 11.9 Å². The summed E-state index contributed by atoms with van der Waals surface area (Å²) in [5.41, 5.74) is 1.37. The van der Waals surface area contributed by atoms with Gasteiger partial charge in [-0.1, -0.05) is 17.7 Å². The van der Waals surface area contributed by atoms with E-state index >= 15 is 0 Å². The first-order valence-electron chi connectivity index (χ1n) is 5.74. The number of nitrogens with one attached hydrogen (secondary N) is 1. The predicted octanol–water partition coefficient (Wildman–Crippen LogP) is 3.30. The average Bonchev–Trinajstić information content (AvgIpc) is 2.39. The molecule has 0 saturated carbocycles. The van der Waals surface area contributed by atoms with E-state index in [1.165, 1.54) is 12.1 Å². The van der Waals surface area contributed by atoms with Crippen LogP contribution in [0.3, 0.4) is 0 Å². The highest BCUT2D eigenvalue weighted by Crippen LogP contribution is 2.27. The second-order valence-electron chi connectivity index (χ2n) is 3.92. The van der Waals surface area contributed by atoms with Crippen molar-refractivity contribution in [3.63, 3.8) is 0 Å². The van der Waals surface area contributed by atoms with Gasteiger partial charge in [0.15, 0.2) is 0 Å². The molecule has 0 saturated heterocycles. The van der Waals surface area contributed by atoms with E-state index in [2.05, 4.69) is 10.3 Å². The fourth-order valence-electron chi connectivity index (χ4n) is 1.68. The lowest BCUT2D eigenvalue weighted by Crippen LogP contribution is -2.07. The predicted molar refractivity (Wildman–Crippen MR) is 74.5 cm³/mol. The van der Waals surface area contributed by atoms with E-state index in [-0.39, 0.29) is 5.69 Å². The van der Waals surface area contributed by atoms with Gasteiger partial charge in [-0.25, -0.2) is 0 Å². The standard InChI is InChI=1S/C13H12ClN3O2/c14-10-4-5-13(17(18)19)12(9-10)16-8-6-11-3-1-2-7-15-11/h1-5,7,9,16H,6,8H2. The van der Waals surface area contributed by atoms with Gasteiger partial charge in [0.1, 0.15) is 5.69 Å². The molecule has 19 heavy (non-hydrogen) atoms. The van der Waals surface area contributed by atoms with E-state index in [0.717, 1.165) is 5.69 Å². The van der Waals surface area contributed by atoms with E-state index in [1.54, 1.807) is 12.3 Å². The van der Waals surface area contributed by atoms with Crippen LogP contribution in [-0.4, -0.2) is 16.5 Å². The summed E-state index contributed by atoms with van der Waals surface area (Å²) < 4.78 is 0. The number of hydrogen-bond acceptors (Lipinski definition) is 4. The molecule has 1 heterocycles. The van der Waals surface area contributed by atoms with Gasteiger partial charge in [-0.05, 0) is 24.3 Å². The molecule has 0 atom stereocenters. The van der Waals surface area contributed by atoms with E-state index < -0.39 is 4.92 Å². The molecule has 0 radical (unpaired) electrons. The highest BCUT2D eigenvalue weighted by Gasteiger charge is 2.13. The van der Waals surface area contributed by atoms with Crippen LogP contribution in [0.4, 0.5) is 11.4 Å². The van der Waals surface area contributed by atoms with Gasteiger partial charge in [-0.15, -0.1) is 0 Å². The van der Waals surface area contributed by atoms with Crippen LogP contribution >= 0.6 is 11.6 Å². The van der Waals surface area contributed by atoms with E-state index in [0.29, 0.717) is 23.7 Å². The van der Waals surface area contributed by atoms with Crippen molar-refractivity contribution in [3.05, 3.63) is 63.4 Å². The van der Waals surface area contributed by atoms with Gasteiger partial charge in [0.25, 0.3) is 5.69 Å². The molecule has 0 bridgehead atoms. The Morgan fingerprint density at radius 2 is 2.16 bits per heavy atom. The number of anilines is 1. The monoisotopic (exact) mass is 277 g/mol. The minimum atomic E-state index is -0.431. The third-order valence-electron chi connectivity index (χ3n) is 2.58. The molecule has 1 N–H and O–H groups in total. The highest BCUT2D eigenvalue weighted by molar-refractivity contribution is 6.31. The summed E-state index contributed by atoms with van der Waals surface area (Å²) in [6, 6.07) is 10.1. The molecule has 2 rings (SSSR count). The van der Waals surface area contributed by atoms with Crippen molar-refractivity contribution in [2.24, 2.45) is 0 Å². The zero-order valence-corrected chi connectivity index (χ0v) is 10.8. The number of rotatable bonds is 5. The zero-order chi connectivity index (χ0) is 13.7. The Balaban J connectivity index is 2.03. The summed E-state index contributed by atoms with van der Waals surface area (Å²) in [7, 11) is 0. The topological polar surface area (TPSA) is 68.1 Å². The molecular weight excluding hydrogens is 266 g/mol. The molecule has 6 heteroatoms. The lowest BCUT2D eigenvalue weighted by atomic mass is 10.2. The summed E-state index contributed by atoms with van der Waals surface area (Å²) >= 11 is 5.84. The quantitative estimate of drug-likeness (QED) is 0.672. The van der Waals surface area contributed by atoms with Gasteiger partial charge in [0.2, 0.25) is 0 Å². The molecule has 0 aliphatic rings. The highest BCUT2D eigenvalue weighted by atomic mass is 35.5. The molecule has 0 amide bonds. The summed E-state index contributed by atoms with van der Waals surface area (Å²) in [5, 5.41) is 14.4. The number of benzene rings is 1. The second-order valence-corrected chi connectivity index (χ2v) is 4.35. The van der Waals surface area contributed by atoms with Gasteiger partial charge in [0, 0.05) is 35.9 Å². The van der Waals surface area contributed by atoms with Gasteiger partial charge in [0.05, 0.1) is 4.92 Å². The lowest BCUT2D eigenvalue weighted by Gasteiger charge is -2.07. The SMILES string of the molecule is O=[N+]([O-])c1ccc(Cl)cc1NCCc1ccccn1. The second kappa shape index (κ2) is 6.15. The van der Waals surface area contributed by atoms with Gasteiger partial charge in [-0.3, -0.25) is 15.1 Å². The van der Waals surface area contributed by atoms with Crippen LogP contribution in [0, 0.1) is 10.1 Å². The summed E-state index contributed by atoms with van der Waals surface area (Å²) in [5.74, 6) is 0. The minimum Gasteiger partial charge on any atom is -0.379 e. The largest absolute Gasteiger partial charge is 0.379 e. The maximum atomic E-state index is 10.9. The number of nitrogens with zero attached hydrogens (tertiary/aromatic N) is 2. The molecule has 5 nitrogen and oxygen atoms in total. The van der Waals surface area contributed by atoms with Crippen molar-refractivity contribution in [2.45, 2.75) is 6.42 Å². The third kappa shape index (κ3) is 3.66. The molecule has 0 spiro atoms. The molecule has 1 aromatic carbocycles. The van der Waals surface area contributed by atoms with Crippen molar-refractivity contribution in [3.8, 4) is 0 Å². The van der Waals surface area contributed by atoms with Gasteiger partial charge >= 0.3 is 0 Å². The van der Waals surface area contributed by atoms with Crippen molar-refractivity contribution in [1.82, 2.24) is 4.98 Å². The van der Waals surface area contributed by atoms with Crippen LogP contribution in [0.1, 0.15) is 5.69 Å². The zero-order valence-electron chi connectivity index (χ0n) is 10.0. The van der Waals surface area contributed by atoms with E-state index in [1.807, 2.05) is 18.2 Å². The Kier molecular flexibility index (Phi) is 4.30.